The minimum atomic E-state index is -4.35. The fourth-order valence-corrected chi connectivity index (χ4v) is 2.66. The smallest absolute Gasteiger partial charge is 0.359 e. The van der Waals surface area contributed by atoms with Crippen LogP contribution in [0.1, 0.15) is 17.0 Å². The lowest BCUT2D eigenvalue weighted by Crippen LogP contribution is -2.22. The molecule has 0 aliphatic rings. The van der Waals surface area contributed by atoms with Crippen molar-refractivity contribution < 1.29 is 13.2 Å². The van der Waals surface area contributed by atoms with Gasteiger partial charge in [0.2, 0.25) is 0 Å². The molecule has 2 heterocycles. The zero-order valence-electron chi connectivity index (χ0n) is 15.5. The summed E-state index contributed by atoms with van der Waals surface area (Å²) in [5.74, 6) is 1.83. The molecule has 5 nitrogen and oxygen atoms in total. The first-order valence-corrected chi connectivity index (χ1v) is 8.71. The lowest BCUT2D eigenvalue weighted by Gasteiger charge is -2.19. The van der Waals surface area contributed by atoms with Crippen LogP contribution in [0.4, 0.5) is 30.5 Å². The maximum absolute atomic E-state index is 12.7. The van der Waals surface area contributed by atoms with Crippen molar-refractivity contribution >= 4 is 17.3 Å². The molecule has 0 atom stereocenters. The highest BCUT2D eigenvalue weighted by atomic mass is 19.4. The van der Waals surface area contributed by atoms with Gasteiger partial charge in [0.15, 0.2) is 0 Å². The number of pyridine rings is 1. The van der Waals surface area contributed by atoms with Crippen LogP contribution in [0.15, 0.2) is 54.9 Å². The quantitative estimate of drug-likeness (QED) is 0.669. The van der Waals surface area contributed by atoms with Crippen molar-refractivity contribution in [2.24, 2.45) is 0 Å². The van der Waals surface area contributed by atoms with Crippen LogP contribution in [-0.4, -0.2) is 28.5 Å². The number of anilines is 3. The maximum Gasteiger partial charge on any atom is 0.416 e. The van der Waals surface area contributed by atoms with Gasteiger partial charge in [0, 0.05) is 37.7 Å². The molecular formula is C20H20F3N5. The number of alkyl halides is 3. The third-order valence-corrected chi connectivity index (χ3v) is 4.19. The standard InChI is InChI=1S/C20H20F3N5/c1-14-25-18(27-17-5-3-16(4-6-17)20(21,22)23)13-19(26-14)28(2)12-9-15-7-10-24-11-8-15/h3-8,10-11,13H,9,12H2,1-2H3,(H,25,26,27). The van der Waals surface area contributed by atoms with Crippen LogP contribution in [0.5, 0.6) is 0 Å². The van der Waals surface area contributed by atoms with Crippen LogP contribution in [0, 0.1) is 6.92 Å². The third kappa shape index (κ3) is 5.18. The van der Waals surface area contributed by atoms with Crippen molar-refractivity contribution in [1.29, 1.82) is 0 Å². The molecular weight excluding hydrogens is 367 g/mol. The number of hydrogen-bond acceptors (Lipinski definition) is 5. The second-order valence-corrected chi connectivity index (χ2v) is 6.39. The van der Waals surface area contributed by atoms with E-state index in [0.717, 1.165) is 30.9 Å². The van der Waals surface area contributed by atoms with Crippen molar-refractivity contribution in [3.8, 4) is 0 Å². The molecule has 1 N–H and O–H groups in total. The lowest BCUT2D eigenvalue weighted by atomic mass is 10.2. The van der Waals surface area contributed by atoms with Crippen molar-refractivity contribution in [2.45, 2.75) is 19.5 Å². The SMILES string of the molecule is Cc1nc(Nc2ccc(C(F)(F)F)cc2)cc(N(C)CCc2ccncc2)n1. The fraction of sp³-hybridized carbons (Fsp3) is 0.250. The third-order valence-electron chi connectivity index (χ3n) is 4.19. The molecule has 3 aromatic rings. The van der Waals surface area contributed by atoms with Crippen LogP contribution in [0.2, 0.25) is 0 Å². The van der Waals surface area contributed by atoms with E-state index in [1.807, 2.05) is 24.1 Å². The summed E-state index contributed by atoms with van der Waals surface area (Å²) >= 11 is 0. The number of likely N-dealkylation sites (N-methyl/N-ethyl adjacent to an activating group) is 1. The molecule has 0 radical (unpaired) electrons. The summed E-state index contributed by atoms with van der Waals surface area (Å²) < 4.78 is 38.1. The Balaban J connectivity index is 1.70. The van der Waals surface area contributed by atoms with Gasteiger partial charge in [-0.3, -0.25) is 4.98 Å². The van der Waals surface area contributed by atoms with Gasteiger partial charge in [-0.05, 0) is 55.3 Å². The molecule has 0 aliphatic carbocycles. The van der Waals surface area contributed by atoms with E-state index in [2.05, 4.69) is 20.3 Å². The zero-order valence-corrected chi connectivity index (χ0v) is 15.5. The average Bonchev–Trinajstić information content (AvgIpc) is 2.66. The molecule has 146 valence electrons. The molecule has 2 aromatic heterocycles. The first-order valence-electron chi connectivity index (χ1n) is 8.71. The summed E-state index contributed by atoms with van der Waals surface area (Å²) in [4.78, 5) is 14.8. The highest BCUT2D eigenvalue weighted by Crippen LogP contribution is 2.30. The monoisotopic (exact) mass is 387 g/mol. The van der Waals surface area contributed by atoms with Gasteiger partial charge in [0.1, 0.15) is 17.5 Å². The summed E-state index contributed by atoms with van der Waals surface area (Å²) in [7, 11) is 1.94. The number of nitrogens with zero attached hydrogens (tertiary/aromatic N) is 4. The van der Waals surface area contributed by atoms with Gasteiger partial charge < -0.3 is 10.2 Å². The molecule has 8 heteroatoms. The summed E-state index contributed by atoms with van der Waals surface area (Å²) in [5, 5.41) is 3.04. The largest absolute Gasteiger partial charge is 0.416 e. The summed E-state index contributed by atoms with van der Waals surface area (Å²) in [6.45, 7) is 2.53. The first-order chi connectivity index (χ1) is 13.3. The van der Waals surface area contributed by atoms with Gasteiger partial charge in [0.05, 0.1) is 5.56 Å². The molecule has 0 fully saturated rings. The second-order valence-electron chi connectivity index (χ2n) is 6.39. The predicted octanol–water partition coefficient (Wildman–Crippen LogP) is 4.62. The minimum Gasteiger partial charge on any atom is -0.359 e. The molecule has 3 rings (SSSR count). The Hall–Kier alpha value is -3.16. The van der Waals surface area contributed by atoms with Crippen LogP contribution in [0.3, 0.4) is 0 Å². The predicted molar refractivity (Wildman–Crippen MR) is 103 cm³/mol. The molecule has 0 unspecified atom stereocenters. The normalized spacial score (nSPS) is 11.3. The number of rotatable bonds is 6. The number of nitrogens with one attached hydrogen (secondary N) is 1. The zero-order chi connectivity index (χ0) is 20.1. The van der Waals surface area contributed by atoms with Gasteiger partial charge in [0.25, 0.3) is 0 Å². The Bertz CT molecular complexity index is 911. The second kappa shape index (κ2) is 8.24. The summed E-state index contributed by atoms with van der Waals surface area (Å²) in [6, 6.07) is 10.6. The highest BCUT2D eigenvalue weighted by molar-refractivity contribution is 5.60. The Morgan fingerprint density at radius 1 is 1.00 bits per heavy atom. The van der Waals surface area contributed by atoms with E-state index in [4.69, 9.17) is 0 Å². The van der Waals surface area contributed by atoms with Crippen molar-refractivity contribution in [2.75, 3.05) is 23.8 Å². The van der Waals surface area contributed by atoms with E-state index >= 15 is 0 Å². The van der Waals surface area contributed by atoms with Crippen LogP contribution >= 0.6 is 0 Å². The van der Waals surface area contributed by atoms with E-state index < -0.39 is 11.7 Å². The van der Waals surface area contributed by atoms with E-state index in [1.54, 1.807) is 25.4 Å². The van der Waals surface area contributed by atoms with E-state index in [-0.39, 0.29) is 0 Å². The van der Waals surface area contributed by atoms with Crippen LogP contribution in [-0.2, 0) is 12.6 Å². The number of hydrogen-bond donors (Lipinski definition) is 1. The number of aromatic nitrogens is 3. The molecule has 0 bridgehead atoms. The molecule has 0 saturated heterocycles. The van der Waals surface area contributed by atoms with Crippen molar-refractivity contribution in [1.82, 2.24) is 15.0 Å². The van der Waals surface area contributed by atoms with Crippen LogP contribution < -0.4 is 10.2 Å². The van der Waals surface area contributed by atoms with Crippen molar-refractivity contribution in [3.63, 3.8) is 0 Å². The fourth-order valence-electron chi connectivity index (χ4n) is 2.66. The number of benzene rings is 1. The number of aryl methyl sites for hydroxylation is 1. The molecule has 0 amide bonds. The Morgan fingerprint density at radius 3 is 2.32 bits per heavy atom. The molecule has 0 aliphatic heterocycles. The molecule has 0 saturated carbocycles. The minimum absolute atomic E-state index is 0.525. The molecule has 1 aromatic carbocycles. The van der Waals surface area contributed by atoms with Gasteiger partial charge in [-0.25, -0.2) is 9.97 Å². The Morgan fingerprint density at radius 2 is 1.68 bits per heavy atom. The first kappa shape index (κ1) is 19.6. The topological polar surface area (TPSA) is 53.9 Å². The van der Waals surface area contributed by atoms with Gasteiger partial charge in [-0.15, -0.1) is 0 Å². The van der Waals surface area contributed by atoms with Gasteiger partial charge in [-0.1, -0.05) is 0 Å². The van der Waals surface area contributed by atoms with E-state index in [1.165, 1.54) is 17.7 Å². The lowest BCUT2D eigenvalue weighted by molar-refractivity contribution is -0.137. The van der Waals surface area contributed by atoms with Crippen LogP contribution in [0.25, 0.3) is 0 Å². The van der Waals surface area contributed by atoms with E-state index in [0.29, 0.717) is 17.3 Å². The Kier molecular flexibility index (Phi) is 5.77. The summed E-state index contributed by atoms with van der Waals surface area (Å²) in [5.41, 5.74) is 1.01. The van der Waals surface area contributed by atoms with Gasteiger partial charge in [-0.2, -0.15) is 13.2 Å². The molecule has 0 spiro atoms. The van der Waals surface area contributed by atoms with Crippen molar-refractivity contribution in [3.05, 3.63) is 71.8 Å². The molecule has 28 heavy (non-hydrogen) atoms. The maximum atomic E-state index is 12.7. The number of halogens is 3. The summed E-state index contributed by atoms with van der Waals surface area (Å²) in [6.07, 6.45) is 0.00494. The van der Waals surface area contributed by atoms with Gasteiger partial charge >= 0.3 is 6.18 Å². The highest BCUT2D eigenvalue weighted by Gasteiger charge is 2.29. The van der Waals surface area contributed by atoms with E-state index in [9.17, 15) is 13.2 Å². The Labute approximate surface area is 161 Å². The average molecular weight is 387 g/mol.